The van der Waals surface area contributed by atoms with E-state index in [4.69, 9.17) is 0 Å². The van der Waals surface area contributed by atoms with Crippen LogP contribution in [0.1, 0.15) is 53.4 Å². The van der Waals surface area contributed by atoms with Crippen molar-refractivity contribution < 1.29 is 9.59 Å². The molecule has 0 spiro atoms. The Morgan fingerprint density at radius 1 is 1.32 bits per heavy atom. The van der Waals surface area contributed by atoms with Gasteiger partial charge in [-0.1, -0.05) is 20.8 Å². The Kier molecular flexibility index (Phi) is 4.29. The first kappa shape index (κ1) is 14.5. The molecule has 5 unspecified atom stereocenters. The fraction of sp³-hybridized carbons (Fsp3) is 0.867. The largest absolute Gasteiger partial charge is 0.302 e. The van der Waals surface area contributed by atoms with Crippen molar-refractivity contribution in [2.45, 2.75) is 71.5 Å². The van der Waals surface area contributed by atoms with Crippen LogP contribution in [-0.4, -0.2) is 34.8 Å². The van der Waals surface area contributed by atoms with Crippen molar-refractivity contribution >= 4 is 11.8 Å². The van der Waals surface area contributed by atoms with Gasteiger partial charge in [-0.05, 0) is 38.0 Å². The van der Waals surface area contributed by atoms with Crippen molar-refractivity contribution in [2.75, 3.05) is 0 Å². The molecule has 2 aliphatic rings. The molecule has 5 atom stereocenters. The summed E-state index contributed by atoms with van der Waals surface area (Å²) in [7, 11) is 0. The Balaban J connectivity index is 2.00. The molecule has 1 aliphatic carbocycles. The van der Waals surface area contributed by atoms with Gasteiger partial charge in [0.2, 0.25) is 11.8 Å². The summed E-state index contributed by atoms with van der Waals surface area (Å²) in [6.07, 6.45) is 3.48. The lowest BCUT2D eigenvalue weighted by Gasteiger charge is -2.24. The molecule has 4 nitrogen and oxygen atoms in total. The number of nitrogens with one attached hydrogen (secondary N) is 1. The Morgan fingerprint density at radius 2 is 2.00 bits per heavy atom. The second-order valence-electron chi connectivity index (χ2n) is 6.30. The molecular weight excluding hydrogens is 240 g/mol. The van der Waals surface area contributed by atoms with Crippen LogP contribution in [0.3, 0.4) is 0 Å². The zero-order valence-corrected chi connectivity index (χ0v) is 12.5. The number of rotatable bonds is 4. The van der Waals surface area contributed by atoms with Crippen molar-refractivity contribution in [3.05, 3.63) is 0 Å². The highest BCUT2D eigenvalue weighted by molar-refractivity contribution is 6.05. The normalized spacial score (nSPS) is 37.2. The number of imide groups is 1. The Labute approximate surface area is 115 Å². The fourth-order valence-corrected chi connectivity index (χ4v) is 3.29. The average molecular weight is 266 g/mol. The molecule has 1 N–H and O–H groups in total. The number of hydrogen-bond donors (Lipinski definition) is 1. The molecule has 2 amide bonds. The third kappa shape index (κ3) is 2.69. The Bertz CT molecular complexity index is 369. The molecule has 0 aromatic carbocycles. The topological polar surface area (TPSA) is 49.4 Å². The van der Waals surface area contributed by atoms with Crippen LogP contribution in [-0.2, 0) is 9.59 Å². The van der Waals surface area contributed by atoms with Gasteiger partial charge in [0.15, 0.2) is 0 Å². The first-order valence-corrected chi connectivity index (χ1v) is 7.57. The van der Waals surface area contributed by atoms with E-state index in [9.17, 15) is 9.59 Å². The maximum atomic E-state index is 12.3. The second-order valence-corrected chi connectivity index (χ2v) is 6.30. The summed E-state index contributed by atoms with van der Waals surface area (Å²) in [5.41, 5.74) is 0. The molecule has 4 heteroatoms. The third-order valence-corrected chi connectivity index (χ3v) is 5.10. The number of amides is 2. The van der Waals surface area contributed by atoms with E-state index in [1.165, 1.54) is 11.3 Å². The fourth-order valence-electron chi connectivity index (χ4n) is 3.29. The second kappa shape index (κ2) is 5.61. The maximum Gasteiger partial charge on any atom is 0.247 e. The molecule has 2 rings (SSSR count). The predicted molar refractivity (Wildman–Crippen MR) is 74.5 cm³/mol. The van der Waals surface area contributed by atoms with Gasteiger partial charge in [0.1, 0.15) is 0 Å². The van der Waals surface area contributed by atoms with Gasteiger partial charge in [0.25, 0.3) is 0 Å². The molecule has 2 fully saturated rings. The van der Waals surface area contributed by atoms with Crippen LogP contribution in [0.15, 0.2) is 0 Å². The van der Waals surface area contributed by atoms with Gasteiger partial charge in [0.05, 0.1) is 12.5 Å². The monoisotopic (exact) mass is 266 g/mol. The van der Waals surface area contributed by atoms with E-state index in [0.717, 1.165) is 12.8 Å². The van der Waals surface area contributed by atoms with Gasteiger partial charge >= 0.3 is 0 Å². The lowest BCUT2D eigenvalue weighted by molar-refractivity contribution is -0.141. The standard InChI is InChI=1S/C15H26N2O2/c1-5-10(3)17-14(18)8-13(15(17)19)16-12-7-6-9(2)11(12)4/h9-13,16H,5-8H2,1-4H3. The van der Waals surface area contributed by atoms with Crippen LogP contribution in [0.25, 0.3) is 0 Å². The minimum Gasteiger partial charge on any atom is -0.302 e. The van der Waals surface area contributed by atoms with E-state index in [1.54, 1.807) is 0 Å². The van der Waals surface area contributed by atoms with Crippen LogP contribution in [0.5, 0.6) is 0 Å². The average Bonchev–Trinajstić information content (AvgIpc) is 2.83. The predicted octanol–water partition coefficient (Wildman–Crippen LogP) is 1.94. The zero-order valence-electron chi connectivity index (χ0n) is 12.5. The number of carbonyl (C=O) groups excluding carboxylic acids is 2. The Hall–Kier alpha value is -0.900. The minimum absolute atomic E-state index is 0.0180. The highest BCUT2D eigenvalue weighted by Gasteiger charge is 2.42. The van der Waals surface area contributed by atoms with Crippen LogP contribution < -0.4 is 5.32 Å². The van der Waals surface area contributed by atoms with E-state index in [-0.39, 0.29) is 23.9 Å². The zero-order chi connectivity index (χ0) is 14.2. The summed E-state index contributed by atoms with van der Waals surface area (Å²) in [5.74, 6) is 1.25. The number of nitrogens with zero attached hydrogens (tertiary/aromatic N) is 1. The van der Waals surface area contributed by atoms with E-state index >= 15 is 0 Å². The molecule has 1 aliphatic heterocycles. The molecule has 19 heavy (non-hydrogen) atoms. The van der Waals surface area contributed by atoms with Crippen molar-refractivity contribution in [3.63, 3.8) is 0 Å². The summed E-state index contributed by atoms with van der Waals surface area (Å²) in [5, 5.41) is 3.44. The van der Waals surface area contributed by atoms with Gasteiger partial charge < -0.3 is 5.32 Å². The van der Waals surface area contributed by atoms with Crippen molar-refractivity contribution in [1.29, 1.82) is 0 Å². The van der Waals surface area contributed by atoms with Gasteiger partial charge in [-0.3, -0.25) is 14.5 Å². The molecule has 1 saturated heterocycles. The summed E-state index contributed by atoms with van der Waals surface area (Å²) in [4.78, 5) is 25.8. The van der Waals surface area contributed by atoms with E-state index < -0.39 is 0 Å². The molecule has 0 bridgehead atoms. The molecule has 0 radical (unpaired) electrons. The van der Waals surface area contributed by atoms with E-state index in [2.05, 4.69) is 19.2 Å². The van der Waals surface area contributed by atoms with Crippen LogP contribution >= 0.6 is 0 Å². The highest BCUT2D eigenvalue weighted by Crippen LogP contribution is 2.32. The van der Waals surface area contributed by atoms with Crippen molar-refractivity contribution in [3.8, 4) is 0 Å². The van der Waals surface area contributed by atoms with Crippen molar-refractivity contribution in [2.24, 2.45) is 11.8 Å². The number of hydrogen-bond acceptors (Lipinski definition) is 3. The van der Waals surface area contributed by atoms with E-state index in [0.29, 0.717) is 24.3 Å². The van der Waals surface area contributed by atoms with Gasteiger partial charge in [-0.2, -0.15) is 0 Å². The summed E-state index contributed by atoms with van der Waals surface area (Å²) in [6, 6.07) is 0.111. The quantitative estimate of drug-likeness (QED) is 0.791. The van der Waals surface area contributed by atoms with E-state index in [1.807, 2.05) is 13.8 Å². The van der Waals surface area contributed by atoms with Gasteiger partial charge in [-0.25, -0.2) is 0 Å². The van der Waals surface area contributed by atoms with Crippen LogP contribution in [0.2, 0.25) is 0 Å². The van der Waals surface area contributed by atoms with Crippen molar-refractivity contribution in [1.82, 2.24) is 10.2 Å². The molecule has 0 aromatic rings. The SMILES string of the molecule is CCC(C)N1C(=O)CC(NC2CCC(C)C2C)C1=O. The lowest BCUT2D eigenvalue weighted by Crippen LogP contribution is -2.46. The van der Waals surface area contributed by atoms with Gasteiger partial charge in [0, 0.05) is 12.1 Å². The minimum atomic E-state index is -0.292. The maximum absolute atomic E-state index is 12.3. The summed E-state index contributed by atoms with van der Waals surface area (Å²) >= 11 is 0. The highest BCUT2D eigenvalue weighted by atomic mass is 16.2. The smallest absolute Gasteiger partial charge is 0.247 e. The third-order valence-electron chi connectivity index (χ3n) is 5.10. The molecule has 0 aromatic heterocycles. The Morgan fingerprint density at radius 3 is 2.53 bits per heavy atom. The lowest BCUT2D eigenvalue weighted by atomic mass is 9.97. The molecule has 108 valence electrons. The summed E-state index contributed by atoms with van der Waals surface area (Å²) in [6.45, 7) is 8.45. The van der Waals surface area contributed by atoms with Gasteiger partial charge in [-0.15, -0.1) is 0 Å². The summed E-state index contributed by atoms with van der Waals surface area (Å²) < 4.78 is 0. The molecule has 1 saturated carbocycles. The first-order valence-electron chi connectivity index (χ1n) is 7.57. The first-order chi connectivity index (χ1) is 8.95. The molecular formula is C15H26N2O2. The number of carbonyl (C=O) groups is 2. The number of likely N-dealkylation sites (tertiary alicyclic amines) is 1. The molecule has 1 heterocycles. The van der Waals surface area contributed by atoms with Crippen LogP contribution in [0.4, 0.5) is 0 Å². The van der Waals surface area contributed by atoms with Crippen LogP contribution in [0, 0.1) is 11.8 Å².